The van der Waals surface area contributed by atoms with Crippen LogP contribution in [-0.2, 0) is 29.2 Å². The van der Waals surface area contributed by atoms with Crippen molar-refractivity contribution in [3.63, 3.8) is 0 Å². The molecule has 4 heterocycles. The molecule has 1 atom stereocenters. The second kappa shape index (κ2) is 9.05. The standard InChI is InChI=1S/C32H29F3N6O2/c1-2-27(42)39-11-9-24-28-25(41(38-24)20-5-3-19(4-6-20)31-13-18(14-31)15-31)10-12-40(26(28)17-39)30(43)21-7-8-23(32(33,34)35)29-22(21)16-36-37-29/h2-8,16,18,26H,1,9-15,17H2,(H,36,37)/t18?,26-,31?/m0/s1. The van der Waals surface area contributed by atoms with Gasteiger partial charge in [-0.25, -0.2) is 4.68 Å². The molecule has 2 bridgehead atoms. The SMILES string of the molecule is C=CC(=O)N1CCc2nn(-c3ccc(C45CC(C4)C5)cc3)c3c2[C@H](C1)N(C(=O)c1ccc(C(F)(F)F)c2[nH]ncc12)CC3. The minimum Gasteiger partial charge on any atom is -0.336 e. The largest absolute Gasteiger partial charge is 0.418 e. The summed E-state index contributed by atoms with van der Waals surface area (Å²) in [6, 6.07) is 10.3. The molecule has 0 spiro atoms. The molecule has 11 heteroatoms. The van der Waals surface area contributed by atoms with E-state index in [1.807, 2.05) is 4.68 Å². The molecule has 4 aromatic rings. The summed E-state index contributed by atoms with van der Waals surface area (Å²) < 4.78 is 43.0. The Balaban J connectivity index is 1.19. The smallest absolute Gasteiger partial charge is 0.336 e. The Morgan fingerprint density at radius 2 is 1.81 bits per heavy atom. The van der Waals surface area contributed by atoms with E-state index in [1.54, 1.807) is 9.80 Å². The van der Waals surface area contributed by atoms with Gasteiger partial charge in [-0.05, 0) is 66.5 Å². The third-order valence-corrected chi connectivity index (χ3v) is 10.1. The zero-order chi connectivity index (χ0) is 29.7. The highest BCUT2D eigenvalue weighted by Gasteiger charge is 2.57. The molecule has 9 rings (SSSR count). The number of carbonyl (C=O) groups is 2. The summed E-state index contributed by atoms with van der Waals surface area (Å²) in [6.07, 6.45) is 2.80. The van der Waals surface area contributed by atoms with E-state index in [4.69, 9.17) is 5.10 Å². The molecule has 220 valence electrons. The fourth-order valence-electron chi connectivity index (χ4n) is 7.78. The summed E-state index contributed by atoms with van der Waals surface area (Å²) in [5.74, 6) is 0.243. The van der Waals surface area contributed by atoms with Gasteiger partial charge in [-0.3, -0.25) is 14.7 Å². The van der Waals surface area contributed by atoms with Crippen LogP contribution in [-0.4, -0.2) is 61.2 Å². The molecular weight excluding hydrogens is 557 g/mol. The van der Waals surface area contributed by atoms with Crippen LogP contribution in [0, 0.1) is 5.92 Å². The van der Waals surface area contributed by atoms with E-state index < -0.39 is 23.7 Å². The van der Waals surface area contributed by atoms with Crippen LogP contribution in [0.2, 0.25) is 0 Å². The number of alkyl halides is 3. The Kier molecular flexibility index (Phi) is 5.52. The summed E-state index contributed by atoms with van der Waals surface area (Å²) in [6.45, 7) is 4.62. The lowest BCUT2D eigenvalue weighted by Crippen LogP contribution is -2.55. The average Bonchev–Trinajstić information content (AvgIpc) is 3.52. The molecule has 5 aliphatic rings. The van der Waals surface area contributed by atoms with Gasteiger partial charge in [0, 0.05) is 43.4 Å². The fourth-order valence-corrected chi connectivity index (χ4v) is 7.78. The van der Waals surface area contributed by atoms with Crippen LogP contribution < -0.4 is 0 Å². The Bertz CT molecular complexity index is 1800. The molecule has 3 fully saturated rings. The lowest BCUT2D eigenvalue weighted by atomic mass is 9.42. The van der Waals surface area contributed by atoms with Crippen molar-refractivity contribution in [1.29, 1.82) is 0 Å². The van der Waals surface area contributed by atoms with Gasteiger partial charge in [-0.15, -0.1) is 0 Å². The Morgan fingerprint density at radius 1 is 1.05 bits per heavy atom. The van der Waals surface area contributed by atoms with Crippen LogP contribution in [0.25, 0.3) is 16.6 Å². The first-order valence-electron chi connectivity index (χ1n) is 14.6. The van der Waals surface area contributed by atoms with Crippen LogP contribution in [0.3, 0.4) is 0 Å². The molecule has 2 aromatic heterocycles. The van der Waals surface area contributed by atoms with E-state index in [0.717, 1.165) is 34.6 Å². The van der Waals surface area contributed by atoms with Crippen molar-refractivity contribution in [3.05, 3.63) is 88.9 Å². The zero-order valence-corrected chi connectivity index (χ0v) is 23.3. The first-order chi connectivity index (χ1) is 20.7. The van der Waals surface area contributed by atoms with Gasteiger partial charge >= 0.3 is 6.18 Å². The monoisotopic (exact) mass is 586 g/mol. The number of hydrogen-bond acceptors (Lipinski definition) is 4. The molecule has 2 amide bonds. The summed E-state index contributed by atoms with van der Waals surface area (Å²) in [5, 5.41) is 11.4. The minimum absolute atomic E-state index is 0.109. The van der Waals surface area contributed by atoms with Crippen molar-refractivity contribution in [2.24, 2.45) is 5.92 Å². The number of amides is 2. The van der Waals surface area contributed by atoms with Crippen LogP contribution in [0.1, 0.15) is 63.7 Å². The average molecular weight is 587 g/mol. The van der Waals surface area contributed by atoms with Crippen molar-refractivity contribution >= 4 is 22.7 Å². The predicted octanol–water partition coefficient (Wildman–Crippen LogP) is 5.13. The highest BCUT2D eigenvalue weighted by atomic mass is 19.4. The number of H-pyrrole nitrogens is 1. The maximum Gasteiger partial charge on any atom is 0.418 e. The van der Waals surface area contributed by atoms with Gasteiger partial charge in [0.1, 0.15) is 0 Å². The van der Waals surface area contributed by atoms with Gasteiger partial charge in [0.15, 0.2) is 0 Å². The molecule has 2 aliphatic heterocycles. The van der Waals surface area contributed by atoms with Gasteiger partial charge in [-0.1, -0.05) is 18.7 Å². The van der Waals surface area contributed by atoms with Crippen LogP contribution in [0.5, 0.6) is 0 Å². The third kappa shape index (κ3) is 3.82. The number of fused-ring (bicyclic) bond motifs is 1. The summed E-state index contributed by atoms with van der Waals surface area (Å²) in [7, 11) is 0. The Hall–Kier alpha value is -4.41. The molecule has 43 heavy (non-hydrogen) atoms. The van der Waals surface area contributed by atoms with Crippen molar-refractivity contribution < 1.29 is 22.8 Å². The normalized spacial score (nSPS) is 24.2. The fraction of sp³-hybridized carbons (Fsp3) is 0.375. The number of rotatable bonds is 4. The number of aromatic amines is 1. The highest BCUT2D eigenvalue weighted by Crippen LogP contribution is 2.65. The maximum atomic E-state index is 14.1. The number of benzene rings is 2. The number of hydrogen-bond donors (Lipinski definition) is 1. The van der Waals surface area contributed by atoms with E-state index in [-0.39, 0.29) is 28.9 Å². The quantitative estimate of drug-likeness (QED) is 0.336. The van der Waals surface area contributed by atoms with Crippen molar-refractivity contribution in [3.8, 4) is 5.69 Å². The van der Waals surface area contributed by atoms with E-state index in [1.165, 1.54) is 43.2 Å². The van der Waals surface area contributed by atoms with E-state index in [9.17, 15) is 22.8 Å². The summed E-state index contributed by atoms with van der Waals surface area (Å²) >= 11 is 0. The molecule has 0 saturated heterocycles. The molecule has 3 saturated carbocycles. The molecule has 8 nitrogen and oxygen atoms in total. The second-order valence-electron chi connectivity index (χ2n) is 12.3. The molecule has 2 aromatic carbocycles. The van der Waals surface area contributed by atoms with Gasteiger partial charge in [0.2, 0.25) is 5.91 Å². The second-order valence-corrected chi connectivity index (χ2v) is 12.3. The van der Waals surface area contributed by atoms with Crippen molar-refractivity contribution in [1.82, 2.24) is 29.8 Å². The topological polar surface area (TPSA) is 87.1 Å². The Labute approximate surface area is 245 Å². The van der Waals surface area contributed by atoms with Gasteiger partial charge in [0.25, 0.3) is 5.91 Å². The molecule has 0 unspecified atom stereocenters. The van der Waals surface area contributed by atoms with Crippen LogP contribution in [0.4, 0.5) is 13.2 Å². The summed E-state index contributed by atoms with van der Waals surface area (Å²) in [5.41, 5.74) is 4.47. The molecule has 3 aliphatic carbocycles. The maximum absolute atomic E-state index is 14.1. The number of aromatic nitrogens is 4. The van der Waals surface area contributed by atoms with E-state index >= 15 is 0 Å². The third-order valence-electron chi connectivity index (χ3n) is 10.1. The molecule has 0 radical (unpaired) electrons. The Morgan fingerprint density at radius 3 is 2.49 bits per heavy atom. The highest BCUT2D eigenvalue weighted by molar-refractivity contribution is 6.07. The van der Waals surface area contributed by atoms with Crippen molar-refractivity contribution in [2.75, 3.05) is 19.6 Å². The zero-order valence-electron chi connectivity index (χ0n) is 23.3. The van der Waals surface area contributed by atoms with E-state index in [2.05, 4.69) is 41.0 Å². The summed E-state index contributed by atoms with van der Waals surface area (Å²) in [4.78, 5) is 30.3. The van der Waals surface area contributed by atoms with Crippen molar-refractivity contribution in [2.45, 2.75) is 49.7 Å². The lowest BCUT2D eigenvalue weighted by Gasteiger charge is -2.62. The predicted molar refractivity (Wildman–Crippen MR) is 152 cm³/mol. The first kappa shape index (κ1) is 26.2. The molecular formula is C32H29F3N6O2. The van der Waals surface area contributed by atoms with Gasteiger partial charge in [0.05, 0.1) is 46.0 Å². The molecule has 1 N–H and O–H groups in total. The lowest BCUT2D eigenvalue weighted by molar-refractivity contribution is -0.136. The van der Waals surface area contributed by atoms with Crippen LogP contribution in [0.15, 0.2) is 55.3 Å². The number of nitrogens with zero attached hydrogens (tertiary/aromatic N) is 5. The minimum atomic E-state index is -4.60. The number of nitrogens with one attached hydrogen (secondary N) is 1. The number of halogens is 3. The van der Waals surface area contributed by atoms with Gasteiger partial charge in [-0.2, -0.15) is 23.4 Å². The van der Waals surface area contributed by atoms with Gasteiger partial charge < -0.3 is 9.80 Å². The van der Waals surface area contributed by atoms with E-state index in [0.29, 0.717) is 31.3 Å². The number of carbonyl (C=O) groups excluding carboxylic acids is 2. The first-order valence-corrected chi connectivity index (χ1v) is 14.6. The van der Waals surface area contributed by atoms with Crippen LogP contribution >= 0.6 is 0 Å².